The predicted octanol–water partition coefficient (Wildman–Crippen LogP) is 2.28. The van der Waals surface area contributed by atoms with Crippen LogP contribution in [-0.2, 0) is 0 Å². The molecule has 2 heterocycles. The molecule has 0 bridgehead atoms. The molecule has 3 aromatic rings. The van der Waals surface area contributed by atoms with Crippen LogP contribution in [0.3, 0.4) is 0 Å². The second-order valence-corrected chi connectivity index (χ2v) is 3.97. The lowest BCUT2D eigenvalue weighted by atomic mass is 10.1. The maximum atomic E-state index is 11.0. The number of amides is 2. The molecule has 0 spiro atoms. The molecule has 2 aromatic heterocycles. The lowest BCUT2D eigenvalue weighted by Crippen LogP contribution is -2.19. The Morgan fingerprint density at radius 1 is 1.37 bits per heavy atom. The van der Waals surface area contributed by atoms with E-state index in [1.807, 2.05) is 12.1 Å². The minimum absolute atomic E-state index is 0.0203. The number of fused-ring (bicyclic) bond motifs is 3. The maximum absolute atomic E-state index is 11.0. The third-order valence-corrected chi connectivity index (χ3v) is 2.81. The Hall–Kier alpha value is -2.89. The molecule has 0 aliphatic rings. The van der Waals surface area contributed by atoms with Crippen molar-refractivity contribution in [2.45, 2.75) is 0 Å². The quantitative estimate of drug-likeness (QED) is 0.686. The highest BCUT2D eigenvalue weighted by molar-refractivity contribution is 6.12. The molecule has 0 aliphatic carbocycles. The van der Waals surface area contributed by atoms with Gasteiger partial charge < -0.3 is 15.5 Å². The highest BCUT2D eigenvalue weighted by Gasteiger charge is 2.17. The number of urea groups is 1. The van der Waals surface area contributed by atoms with Gasteiger partial charge in [-0.05, 0) is 12.1 Å². The van der Waals surface area contributed by atoms with Crippen LogP contribution in [0.2, 0.25) is 0 Å². The molecule has 0 atom stereocenters. The van der Waals surface area contributed by atoms with Crippen LogP contribution in [0.5, 0.6) is 0 Å². The number of pyridine rings is 1. The summed E-state index contributed by atoms with van der Waals surface area (Å²) in [5.41, 5.74) is 6.43. The van der Waals surface area contributed by atoms with Crippen LogP contribution in [0.4, 0.5) is 10.5 Å². The van der Waals surface area contributed by atoms with Crippen LogP contribution < -0.4 is 11.1 Å². The normalized spacial score (nSPS) is 10.7. The summed E-state index contributed by atoms with van der Waals surface area (Å²) in [6.07, 6.45) is 2.16. The van der Waals surface area contributed by atoms with Gasteiger partial charge in [0, 0.05) is 17.0 Å². The van der Waals surface area contributed by atoms with Crippen LogP contribution in [0.1, 0.15) is 10.6 Å². The van der Waals surface area contributed by atoms with Gasteiger partial charge in [-0.3, -0.25) is 9.78 Å². The molecule has 2 amide bonds. The summed E-state index contributed by atoms with van der Waals surface area (Å²) in [6, 6.07) is 6.51. The number of carbonyl (C=O) groups excluding carboxylic acids is 2. The molecule has 6 heteroatoms. The predicted molar refractivity (Wildman–Crippen MR) is 70.1 cm³/mol. The standard InChI is InChI=1S/C13H9N3O3/c14-13(18)16-11-8-4-3-7-2-1-5-15-10(7)12(8)19-9(11)6-17/h1-6H,(H3,14,16,18). The largest absolute Gasteiger partial charge is 0.449 e. The van der Waals surface area contributed by atoms with Gasteiger partial charge in [0.25, 0.3) is 0 Å². The van der Waals surface area contributed by atoms with Crippen LogP contribution in [0.15, 0.2) is 34.9 Å². The minimum atomic E-state index is -0.757. The van der Waals surface area contributed by atoms with Gasteiger partial charge in [0.15, 0.2) is 17.6 Å². The van der Waals surface area contributed by atoms with Crippen molar-refractivity contribution in [1.82, 2.24) is 4.98 Å². The zero-order chi connectivity index (χ0) is 13.4. The average molecular weight is 255 g/mol. The van der Waals surface area contributed by atoms with Gasteiger partial charge in [0.2, 0.25) is 0 Å². The molecule has 0 saturated heterocycles. The van der Waals surface area contributed by atoms with E-state index in [0.29, 0.717) is 22.8 Å². The van der Waals surface area contributed by atoms with Crippen molar-refractivity contribution < 1.29 is 14.0 Å². The first-order valence-electron chi connectivity index (χ1n) is 5.52. The van der Waals surface area contributed by atoms with E-state index >= 15 is 0 Å². The fourth-order valence-corrected chi connectivity index (χ4v) is 2.05. The lowest BCUT2D eigenvalue weighted by molar-refractivity contribution is 0.110. The number of nitrogens with two attached hydrogens (primary N) is 1. The van der Waals surface area contributed by atoms with Crippen LogP contribution in [0, 0.1) is 0 Å². The van der Waals surface area contributed by atoms with E-state index in [4.69, 9.17) is 10.2 Å². The van der Waals surface area contributed by atoms with E-state index in [0.717, 1.165) is 5.39 Å². The molecule has 3 N–H and O–H groups in total. The Kier molecular flexibility index (Phi) is 2.42. The first-order chi connectivity index (χ1) is 9.20. The van der Waals surface area contributed by atoms with Crippen molar-refractivity contribution in [3.05, 3.63) is 36.2 Å². The van der Waals surface area contributed by atoms with E-state index in [-0.39, 0.29) is 11.4 Å². The van der Waals surface area contributed by atoms with Gasteiger partial charge >= 0.3 is 6.03 Å². The zero-order valence-corrected chi connectivity index (χ0v) is 9.71. The molecule has 6 nitrogen and oxygen atoms in total. The number of aldehydes is 1. The van der Waals surface area contributed by atoms with E-state index in [1.54, 1.807) is 18.3 Å². The van der Waals surface area contributed by atoms with Crippen LogP contribution >= 0.6 is 0 Å². The SMILES string of the molecule is NC(=O)Nc1c(C=O)oc2c1ccc1cccnc12. The van der Waals surface area contributed by atoms with Crippen LogP contribution in [0.25, 0.3) is 21.9 Å². The third-order valence-electron chi connectivity index (χ3n) is 2.81. The molecule has 0 unspecified atom stereocenters. The number of anilines is 1. The number of nitrogens with one attached hydrogen (secondary N) is 1. The fourth-order valence-electron chi connectivity index (χ4n) is 2.05. The Morgan fingerprint density at radius 3 is 2.95 bits per heavy atom. The molecule has 0 fully saturated rings. The van der Waals surface area contributed by atoms with Crippen molar-refractivity contribution in [2.75, 3.05) is 5.32 Å². The lowest BCUT2D eigenvalue weighted by Gasteiger charge is -1.99. The van der Waals surface area contributed by atoms with Gasteiger partial charge in [-0.25, -0.2) is 4.79 Å². The van der Waals surface area contributed by atoms with E-state index in [1.165, 1.54) is 0 Å². The Morgan fingerprint density at radius 2 is 2.21 bits per heavy atom. The first kappa shape index (κ1) is 11.2. The molecule has 0 radical (unpaired) electrons. The van der Waals surface area contributed by atoms with Crippen molar-refractivity contribution >= 4 is 39.9 Å². The van der Waals surface area contributed by atoms with Gasteiger partial charge in [0.05, 0.1) is 0 Å². The fraction of sp³-hybridized carbons (Fsp3) is 0. The van der Waals surface area contributed by atoms with Crippen molar-refractivity contribution in [2.24, 2.45) is 5.73 Å². The average Bonchev–Trinajstić information content (AvgIpc) is 2.76. The number of benzene rings is 1. The highest BCUT2D eigenvalue weighted by atomic mass is 16.3. The molecule has 19 heavy (non-hydrogen) atoms. The monoisotopic (exact) mass is 255 g/mol. The van der Waals surface area contributed by atoms with E-state index in [9.17, 15) is 9.59 Å². The number of aromatic nitrogens is 1. The number of hydrogen-bond donors (Lipinski definition) is 2. The number of carbonyl (C=O) groups is 2. The summed E-state index contributed by atoms with van der Waals surface area (Å²) in [6.45, 7) is 0. The highest BCUT2D eigenvalue weighted by Crippen LogP contribution is 2.33. The maximum Gasteiger partial charge on any atom is 0.316 e. The van der Waals surface area contributed by atoms with Crippen molar-refractivity contribution in [3.63, 3.8) is 0 Å². The number of furan rings is 1. The summed E-state index contributed by atoms with van der Waals surface area (Å²) in [5, 5.41) is 3.87. The van der Waals surface area contributed by atoms with Gasteiger partial charge in [0.1, 0.15) is 11.2 Å². The summed E-state index contributed by atoms with van der Waals surface area (Å²) in [7, 11) is 0. The Balaban J connectivity index is 2.39. The summed E-state index contributed by atoms with van der Waals surface area (Å²) in [5.74, 6) is 0.0203. The molecule has 1 aromatic carbocycles. The summed E-state index contributed by atoms with van der Waals surface area (Å²) >= 11 is 0. The second kappa shape index (κ2) is 4.09. The van der Waals surface area contributed by atoms with Crippen LogP contribution in [-0.4, -0.2) is 17.3 Å². The van der Waals surface area contributed by atoms with E-state index < -0.39 is 6.03 Å². The Bertz CT molecular complexity index is 807. The number of primary amides is 1. The molecule has 3 rings (SSSR count). The molecule has 0 saturated carbocycles. The topological polar surface area (TPSA) is 98.2 Å². The number of rotatable bonds is 2. The second-order valence-electron chi connectivity index (χ2n) is 3.97. The number of hydrogen-bond acceptors (Lipinski definition) is 4. The molecule has 0 aliphatic heterocycles. The summed E-state index contributed by atoms with van der Waals surface area (Å²) < 4.78 is 5.46. The van der Waals surface area contributed by atoms with Crippen molar-refractivity contribution in [1.29, 1.82) is 0 Å². The number of nitrogens with zero attached hydrogens (tertiary/aromatic N) is 1. The first-order valence-corrected chi connectivity index (χ1v) is 5.52. The van der Waals surface area contributed by atoms with Crippen molar-refractivity contribution in [3.8, 4) is 0 Å². The summed E-state index contributed by atoms with van der Waals surface area (Å²) in [4.78, 5) is 26.2. The third kappa shape index (κ3) is 1.70. The van der Waals surface area contributed by atoms with Gasteiger partial charge in [-0.1, -0.05) is 12.1 Å². The smallest absolute Gasteiger partial charge is 0.316 e. The van der Waals surface area contributed by atoms with E-state index in [2.05, 4.69) is 10.3 Å². The van der Waals surface area contributed by atoms with Gasteiger partial charge in [-0.2, -0.15) is 0 Å². The Labute approximate surface area is 107 Å². The molecular weight excluding hydrogens is 246 g/mol. The zero-order valence-electron chi connectivity index (χ0n) is 9.71. The molecule has 94 valence electrons. The minimum Gasteiger partial charge on any atom is -0.449 e. The molecular formula is C13H9N3O3. The van der Waals surface area contributed by atoms with Gasteiger partial charge in [-0.15, -0.1) is 0 Å².